The predicted octanol–water partition coefficient (Wildman–Crippen LogP) is 3.16. The number of nitrogens with two attached hydrogens (primary N) is 1. The van der Waals surface area contributed by atoms with Crippen molar-refractivity contribution in [1.82, 2.24) is 4.98 Å². The standard InChI is InChI=1S/C14H15ClN4O.HI/c15-12-7-4-8-17-13(12)20-10-9-18-14(16)19-11-5-2-1-3-6-11;/h1-8H,9-10H2,(H3,16,18,19);1H. The van der Waals surface area contributed by atoms with Crippen LogP contribution in [-0.2, 0) is 0 Å². The molecule has 0 saturated carbocycles. The van der Waals surface area contributed by atoms with E-state index in [-0.39, 0.29) is 24.0 Å². The van der Waals surface area contributed by atoms with E-state index in [1.165, 1.54) is 0 Å². The van der Waals surface area contributed by atoms with Gasteiger partial charge in [-0.3, -0.25) is 0 Å². The van der Waals surface area contributed by atoms with Crippen molar-refractivity contribution >= 4 is 47.2 Å². The van der Waals surface area contributed by atoms with Crippen molar-refractivity contribution in [1.29, 1.82) is 0 Å². The molecule has 1 aromatic heterocycles. The smallest absolute Gasteiger partial charge is 0.232 e. The van der Waals surface area contributed by atoms with E-state index in [1.807, 2.05) is 30.3 Å². The number of aliphatic imine (C=N–C) groups is 1. The van der Waals surface area contributed by atoms with Gasteiger partial charge < -0.3 is 15.8 Å². The summed E-state index contributed by atoms with van der Waals surface area (Å²) < 4.78 is 5.40. The van der Waals surface area contributed by atoms with Gasteiger partial charge in [-0.15, -0.1) is 24.0 Å². The Bertz CT molecular complexity index is 580. The zero-order valence-electron chi connectivity index (χ0n) is 11.2. The van der Waals surface area contributed by atoms with Crippen molar-refractivity contribution in [2.24, 2.45) is 10.7 Å². The number of benzene rings is 1. The molecule has 0 bridgehead atoms. The maximum Gasteiger partial charge on any atom is 0.232 e. The molecule has 0 atom stereocenters. The van der Waals surface area contributed by atoms with Crippen LogP contribution < -0.4 is 15.8 Å². The summed E-state index contributed by atoms with van der Waals surface area (Å²) in [5.41, 5.74) is 6.65. The van der Waals surface area contributed by atoms with Crippen LogP contribution in [0, 0.1) is 0 Å². The number of anilines is 1. The molecule has 0 spiro atoms. The number of hydrogen-bond donors (Lipinski definition) is 2. The SMILES string of the molecule is I.NC(=NCCOc1ncccc1Cl)Nc1ccccc1. The van der Waals surface area contributed by atoms with E-state index in [1.54, 1.807) is 18.3 Å². The van der Waals surface area contributed by atoms with Gasteiger partial charge >= 0.3 is 0 Å². The van der Waals surface area contributed by atoms with Crippen LogP contribution in [0.3, 0.4) is 0 Å². The van der Waals surface area contributed by atoms with Gasteiger partial charge in [0.2, 0.25) is 5.88 Å². The van der Waals surface area contributed by atoms with E-state index in [4.69, 9.17) is 22.1 Å². The number of aromatic nitrogens is 1. The summed E-state index contributed by atoms with van der Waals surface area (Å²) in [6.07, 6.45) is 1.62. The molecule has 2 aromatic rings. The van der Waals surface area contributed by atoms with Crippen LogP contribution in [0.2, 0.25) is 5.02 Å². The van der Waals surface area contributed by atoms with Crippen LogP contribution >= 0.6 is 35.6 Å². The van der Waals surface area contributed by atoms with Crippen LogP contribution in [0.5, 0.6) is 5.88 Å². The summed E-state index contributed by atoms with van der Waals surface area (Å²) >= 11 is 5.91. The highest BCUT2D eigenvalue weighted by molar-refractivity contribution is 14.0. The molecule has 1 aromatic carbocycles. The lowest BCUT2D eigenvalue weighted by atomic mass is 10.3. The molecule has 0 aliphatic heterocycles. The summed E-state index contributed by atoms with van der Waals surface area (Å²) in [5, 5.41) is 3.46. The second-order valence-corrected chi connectivity index (χ2v) is 4.30. The Morgan fingerprint density at radius 1 is 1.24 bits per heavy atom. The third-order valence-electron chi connectivity index (χ3n) is 2.38. The Morgan fingerprint density at radius 2 is 2.00 bits per heavy atom. The third-order valence-corrected chi connectivity index (χ3v) is 2.67. The molecule has 112 valence electrons. The van der Waals surface area contributed by atoms with E-state index in [0.29, 0.717) is 30.0 Å². The first-order valence-corrected chi connectivity index (χ1v) is 6.49. The van der Waals surface area contributed by atoms with Crippen molar-refractivity contribution in [2.45, 2.75) is 0 Å². The van der Waals surface area contributed by atoms with Crippen LogP contribution in [-0.4, -0.2) is 24.1 Å². The largest absolute Gasteiger partial charge is 0.475 e. The normalized spacial score (nSPS) is 10.6. The topological polar surface area (TPSA) is 72.5 Å². The van der Waals surface area contributed by atoms with Gasteiger partial charge in [0, 0.05) is 11.9 Å². The average Bonchev–Trinajstić information content (AvgIpc) is 2.46. The second kappa shape index (κ2) is 9.41. The fourth-order valence-corrected chi connectivity index (χ4v) is 1.67. The van der Waals surface area contributed by atoms with Crippen molar-refractivity contribution in [2.75, 3.05) is 18.5 Å². The summed E-state index contributed by atoms with van der Waals surface area (Å²) in [5.74, 6) is 0.742. The van der Waals surface area contributed by atoms with E-state index >= 15 is 0 Å². The Hall–Kier alpha value is -1.54. The summed E-state index contributed by atoms with van der Waals surface area (Å²) in [7, 11) is 0. The van der Waals surface area contributed by atoms with Gasteiger partial charge in [0.15, 0.2) is 5.96 Å². The van der Waals surface area contributed by atoms with Gasteiger partial charge in [-0.25, -0.2) is 9.98 Å². The maximum absolute atomic E-state index is 5.91. The van der Waals surface area contributed by atoms with Crippen molar-refractivity contribution < 1.29 is 4.74 Å². The number of nitrogens with one attached hydrogen (secondary N) is 1. The maximum atomic E-state index is 5.91. The zero-order chi connectivity index (χ0) is 14.2. The van der Waals surface area contributed by atoms with Crippen LogP contribution in [0.4, 0.5) is 5.69 Å². The van der Waals surface area contributed by atoms with Gasteiger partial charge in [0.1, 0.15) is 11.6 Å². The monoisotopic (exact) mass is 418 g/mol. The minimum absolute atomic E-state index is 0. The third kappa shape index (κ3) is 6.17. The van der Waals surface area contributed by atoms with E-state index in [2.05, 4.69) is 15.3 Å². The van der Waals surface area contributed by atoms with Gasteiger partial charge in [-0.1, -0.05) is 29.8 Å². The number of guanidine groups is 1. The molecule has 0 unspecified atom stereocenters. The minimum Gasteiger partial charge on any atom is -0.475 e. The quantitative estimate of drug-likeness (QED) is 0.339. The minimum atomic E-state index is 0. The Balaban J connectivity index is 0.00000220. The summed E-state index contributed by atoms with van der Waals surface area (Å²) in [6, 6.07) is 13.1. The highest BCUT2D eigenvalue weighted by atomic mass is 127. The first kappa shape index (κ1) is 17.5. The highest BCUT2D eigenvalue weighted by Gasteiger charge is 2.00. The van der Waals surface area contributed by atoms with Crippen LogP contribution in [0.15, 0.2) is 53.7 Å². The Labute approximate surface area is 145 Å². The van der Waals surface area contributed by atoms with E-state index in [0.717, 1.165) is 5.69 Å². The number of ether oxygens (including phenoxy) is 1. The summed E-state index contributed by atoms with van der Waals surface area (Å²) in [6.45, 7) is 0.770. The van der Waals surface area contributed by atoms with Gasteiger partial charge in [0.05, 0.1) is 6.54 Å². The lowest BCUT2D eigenvalue weighted by molar-refractivity contribution is 0.316. The molecule has 1 heterocycles. The van der Waals surface area contributed by atoms with Gasteiger partial charge in [-0.05, 0) is 24.3 Å². The highest BCUT2D eigenvalue weighted by Crippen LogP contribution is 2.19. The molecule has 3 N–H and O–H groups in total. The first-order valence-electron chi connectivity index (χ1n) is 6.11. The fourth-order valence-electron chi connectivity index (χ4n) is 1.49. The number of halogens is 2. The fraction of sp³-hybridized carbons (Fsp3) is 0.143. The zero-order valence-corrected chi connectivity index (χ0v) is 14.3. The molecule has 0 radical (unpaired) electrons. The lowest BCUT2D eigenvalue weighted by Gasteiger charge is -2.06. The molecule has 0 fully saturated rings. The second-order valence-electron chi connectivity index (χ2n) is 3.90. The summed E-state index contributed by atoms with van der Waals surface area (Å²) in [4.78, 5) is 8.16. The van der Waals surface area contributed by atoms with Crippen molar-refractivity contribution in [3.63, 3.8) is 0 Å². The molecule has 21 heavy (non-hydrogen) atoms. The molecular weight excluding hydrogens is 403 g/mol. The molecule has 7 heteroatoms. The molecule has 5 nitrogen and oxygen atoms in total. The van der Waals surface area contributed by atoms with Gasteiger partial charge in [-0.2, -0.15) is 0 Å². The van der Waals surface area contributed by atoms with E-state index in [9.17, 15) is 0 Å². The van der Waals surface area contributed by atoms with Crippen molar-refractivity contribution in [3.05, 3.63) is 53.7 Å². The van der Waals surface area contributed by atoms with Crippen LogP contribution in [0.1, 0.15) is 0 Å². The predicted molar refractivity (Wildman–Crippen MR) is 96.7 cm³/mol. The number of rotatable bonds is 5. The Morgan fingerprint density at radius 3 is 2.71 bits per heavy atom. The van der Waals surface area contributed by atoms with Gasteiger partial charge in [0.25, 0.3) is 0 Å². The molecule has 2 rings (SSSR count). The molecule has 0 amide bonds. The Kier molecular flexibility index (Phi) is 7.84. The number of para-hydroxylation sites is 1. The number of hydrogen-bond acceptors (Lipinski definition) is 3. The molecular formula is C14H16ClIN4O. The van der Waals surface area contributed by atoms with Crippen molar-refractivity contribution in [3.8, 4) is 5.88 Å². The molecule has 0 saturated heterocycles. The number of pyridine rings is 1. The number of nitrogens with zero attached hydrogens (tertiary/aromatic N) is 2. The van der Waals surface area contributed by atoms with E-state index < -0.39 is 0 Å². The van der Waals surface area contributed by atoms with Crippen LogP contribution in [0.25, 0.3) is 0 Å². The molecule has 0 aliphatic rings. The first-order chi connectivity index (χ1) is 9.75. The average molecular weight is 419 g/mol. The lowest BCUT2D eigenvalue weighted by Crippen LogP contribution is -2.23. The molecule has 0 aliphatic carbocycles.